The highest BCUT2D eigenvalue weighted by Gasteiger charge is 2.29. The third-order valence-electron chi connectivity index (χ3n) is 2.73. The largest absolute Gasteiger partial charge is 0.334 e. The average Bonchev–Trinajstić information content (AvgIpc) is 2.64. The fourth-order valence-electron chi connectivity index (χ4n) is 1.87. The number of hydrogen-bond acceptors (Lipinski definition) is 2. The molecule has 0 aromatic carbocycles. The molecule has 2 heterocycles. The van der Waals surface area contributed by atoms with Gasteiger partial charge in [0.1, 0.15) is 0 Å². The van der Waals surface area contributed by atoms with Crippen molar-refractivity contribution in [2.45, 2.75) is 38.0 Å². The molecule has 0 bridgehead atoms. The number of aryl methyl sites for hydroxylation is 1. The minimum atomic E-state index is 0.450. The van der Waals surface area contributed by atoms with Crippen molar-refractivity contribution in [2.75, 3.05) is 5.75 Å². The summed E-state index contributed by atoms with van der Waals surface area (Å²) in [4.78, 5) is 4.15. The van der Waals surface area contributed by atoms with E-state index in [0.717, 1.165) is 6.54 Å². The Morgan fingerprint density at radius 1 is 1.69 bits per heavy atom. The molecule has 0 saturated carbocycles. The Balaban J connectivity index is 2.09. The Bertz CT molecular complexity index is 287. The van der Waals surface area contributed by atoms with Crippen LogP contribution in [0.4, 0.5) is 0 Å². The van der Waals surface area contributed by atoms with Crippen molar-refractivity contribution in [3.05, 3.63) is 18.2 Å². The molecule has 13 heavy (non-hydrogen) atoms. The first kappa shape index (κ1) is 9.13. The van der Waals surface area contributed by atoms with Crippen LogP contribution in [0.5, 0.6) is 0 Å². The van der Waals surface area contributed by atoms with E-state index in [2.05, 4.69) is 35.2 Å². The van der Waals surface area contributed by atoms with Crippen molar-refractivity contribution in [1.29, 1.82) is 0 Å². The van der Waals surface area contributed by atoms with E-state index in [1.807, 2.05) is 12.5 Å². The molecule has 72 valence electrons. The summed E-state index contributed by atoms with van der Waals surface area (Å²) in [7, 11) is 0. The normalized spacial score (nSPS) is 28.2. The van der Waals surface area contributed by atoms with Crippen LogP contribution in [0.15, 0.2) is 12.5 Å². The van der Waals surface area contributed by atoms with Crippen LogP contribution in [0.25, 0.3) is 0 Å². The minimum absolute atomic E-state index is 0.450. The van der Waals surface area contributed by atoms with E-state index in [1.54, 1.807) is 0 Å². The topological polar surface area (TPSA) is 17.8 Å². The van der Waals surface area contributed by atoms with Gasteiger partial charge in [-0.2, -0.15) is 11.8 Å². The number of rotatable bonds is 2. The Morgan fingerprint density at radius 3 is 3.08 bits per heavy atom. The van der Waals surface area contributed by atoms with Gasteiger partial charge in [-0.25, -0.2) is 4.98 Å². The second-order valence-corrected chi connectivity index (χ2v) is 5.75. The molecule has 0 spiro atoms. The van der Waals surface area contributed by atoms with Crippen molar-refractivity contribution < 1.29 is 0 Å². The molecule has 2 rings (SSSR count). The molecule has 1 saturated heterocycles. The fraction of sp³-hybridized carbons (Fsp3) is 0.700. The third kappa shape index (κ3) is 1.90. The van der Waals surface area contributed by atoms with Gasteiger partial charge in [-0.05, 0) is 32.4 Å². The zero-order valence-electron chi connectivity index (χ0n) is 8.29. The van der Waals surface area contributed by atoms with E-state index >= 15 is 0 Å². The lowest BCUT2D eigenvalue weighted by Crippen LogP contribution is -2.23. The molecular weight excluding hydrogens is 180 g/mol. The van der Waals surface area contributed by atoms with Crippen molar-refractivity contribution in [1.82, 2.24) is 9.55 Å². The molecule has 1 aromatic heterocycles. The average molecular weight is 196 g/mol. The van der Waals surface area contributed by atoms with Crippen molar-refractivity contribution >= 4 is 11.8 Å². The molecule has 1 fully saturated rings. The summed E-state index contributed by atoms with van der Waals surface area (Å²) in [5.41, 5.74) is 1.27. The molecule has 0 radical (unpaired) electrons. The number of nitrogens with zero attached hydrogens (tertiary/aromatic N) is 2. The first-order valence-electron chi connectivity index (χ1n) is 4.80. The van der Waals surface area contributed by atoms with E-state index in [4.69, 9.17) is 0 Å². The molecule has 1 aliphatic rings. The van der Waals surface area contributed by atoms with E-state index < -0.39 is 0 Å². The summed E-state index contributed by atoms with van der Waals surface area (Å²) in [6.07, 6.45) is 6.59. The second-order valence-electron chi connectivity index (χ2n) is 4.06. The second kappa shape index (κ2) is 3.37. The predicted octanol–water partition coefficient (Wildman–Crippen LogP) is 2.48. The van der Waals surface area contributed by atoms with E-state index in [9.17, 15) is 0 Å². The number of thioether (sulfide) groups is 1. The van der Waals surface area contributed by atoms with Gasteiger partial charge in [-0.1, -0.05) is 0 Å². The highest BCUT2D eigenvalue weighted by Crippen LogP contribution is 2.39. The van der Waals surface area contributed by atoms with Crippen LogP contribution < -0.4 is 0 Å². The Hall–Kier alpha value is -0.440. The van der Waals surface area contributed by atoms with Crippen molar-refractivity contribution in [3.63, 3.8) is 0 Å². The van der Waals surface area contributed by atoms with Gasteiger partial charge in [0.15, 0.2) is 0 Å². The molecule has 1 aromatic rings. The Morgan fingerprint density at radius 2 is 2.54 bits per heavy atom. The SMILES string of the molecule is Cc1cncn1CC1(C)CCCS1. The molecular formula is C10H16N2S. The smallest absolute Gasteiger partial charge is 0.0948 e. The standard InChI is InChI=1S/C10H16N2S/c1-9-6-11-8-12(9)7-10(2)4-3-5-13-10/h6,8H,3-5,7H2,1-2H3. The monoisotopic (exact) mass is 196 g/mol. The lowest BCUT2D eigenvalue weighted by atomic mass is 10.1. The molecule has 1 unspecified atom stereocenters. The summed E-state index contributed by atoms with van der Waals surface area (Å²) in [6, 6.07) is 0. The number of imidazole rings is 1. The first-order chi connectivity index (χ1) is 6.20. The van der Waals surface area contributed by atoms with Gasteiger partial charge in [-0.3, -0.25) is 0 Å². The lowest BCUT2D eigenvalue weighted by Gasteiger charge is -2.23. The zero-order valence-corrected chi connectivity index (χ0v) is 9.10. The minimum Gasteiger partial charge on any atom is -0.334 e. The maximum atomic E-state index is 4.15. The molecule has 0 N–H and O–H groups in total. The summed E-state index contributed by atoms with van der Waals surface area (Å²) in [5.74, 6) is 1.32. The maximum Gasteiger partial charge on any atom is 0.0948 e. The van der Waals surface area contributed by atoms with Gasteiger partial charge >= 0.3 is 0 Å². The molecule has 2 nitrogen and oxygen atoms in total. The highest BCUT2D eigenvalue weighted by atomic mass is 32.2. The van der Waals surface area contributed by atoms with Gasteiger partial charge in [0, 0.05) is 23.2 Å². The predicted molar refractivity (Wildman–Crippen MR) is 57.1 cm³/mol. The van der Waals surface area contributed by atoms with Crippen molar-refractivity contribution in [3.8, 4) is 0 Å². The molecule has 3 heteroatoms. The molecule has 1 atom stereocenters. The van der Waals surface area contributed by atoms with Crippen LogP contribution in [0.3, 0.4) is 0 Å². The highest BCUT2D eigenvalue weighted by molar-refractivity contribution is 8.00. The van der Waals surface area contributed by atoms with Crippen LogP contribution in [0.2, 0.25) is 0 Å². The quantitative estimate of drug-likeness (QED) is 0.723. The summed E-state index contributed by atoms with van der Waals surface area (Å²) in [5, 5.41) is 0. The Kier molecular flexibility index (Phi) is 2.37. The van der Waals surface area contributed by atoms with Crippen LogP contribution in [0, 0.1) is 6.92 Å². The van der Waals surface area contributed by atoms with Gasteiger partial charge in [0.2, 0.25) is 0 Å². The summed E-state index contributed by atoms with van der Waals surface area (Å²) < 4.78 is 2.71. The van der Waals surface area contributed by atoms with E-state index in [1.165, 1.54) is 24.3 Å². The summed E-state index contributed by atoms with van der Waals surface area (Å²) >= 11 is 2.10. The number of hydrogen-bond donors (Lipinski definition) is 0. The van der Waals surface area contributed by atoms with Gasteiger partial charge in [0.05, 0.1) is 6.33 Å². The fourth-order valence-corrected chi connectivity index (χ4v) is 3.17. The molecule has 0 amide bonds. The first-order valence-corrected chi connectivity index (χ1v) is 5.79. The van der Waals surface area contributed by atoms with E-state index in [-0.39, 0.29) is 0 Å². The van der Waals surface area contributed by atoms with Gasteiger partial charge in [0.25, 0.3) is 0 Å². The van der Waals surface area contributed by atoms with Crippen LogP contribution in [0.1, 0.15) is 25.5 Å². The zero-order chi connectivity index (χ0) is 9.31. The van der Waals surface area contributed by atoms with Crippen molar-refractivity contribution in [2.24, 2.45) is 0 Å². The molecule has 0 aliphatic carbocycles. The van der Waals surface area contributed by atoms with Crippen LogP contribution in [-0.4, -0.2) is 20.1 Å². The summed E-state index contributed by atoms with van der Waals surface area (Å²) in [6.45, 7) is 5.60. The molecule has 1 aliphatic heterocycles. The maximum absolute atomic E-state index is 4.15. The third-order valence-corrected chi connectivity index (χ3v) is 4.25. The van der Waals surface area contributed by atoms with Crippen LogP contribution >= 0.6 is 11.8 Å². The lowest BCUT2D eigenvalue weighted by molar-refractivity contribution is 0.504. The van der Waals surface area contributed by atoms with E-state index in [0.29, 0.717) is 4.75 Å². The van der Waals surface area contributed by atoms with Gasteiger partial charge < -0.3 is 4.57 Å². The Labute approximate surface area is 83.7 Å². The van der Waals surface area contributed by atoms with Crippen LogP contribution in [-0.2, 0) is 6.54 Å². The number of aromatic nitrogens is 2. The van der Waals surface area contributed by atoms with Gasteiger partial charge in [-0.15, -0.1) is 0 Å².